The molecule has 0 fully saturated rings. The van der Waals surface area contributed by atoms with E-state index in [2.05, 4.69) is 5.32 Å². The van der Waals surface area contributed by atoms with Crippen LogP contribution in [0.5, 0.6) is 0 Å². The van der Waals surface area contributed by atoms with Crippen LogP contribution in [0.3, 0.4) is 0 Å². The Morgan fingerprint density at radius 1 is 1.47 bits per heavy atom. The van der Waals surface area contributed by atoms with E-state index in [0.717, 1.165) is 5.56 Å². The minimum Gasteiger partial charge on any atom is -0.355 e. The maximum atomic E-state index is 13.3. The predicted molar refractivity (Wildman–Crippen MR) is 75.4 cm³/mol. The molecular weight excluding hydrogens is 243 g/mol. The Balaban J connectivity index is 2.69. The minimum absolute atomic E-state index is 0.0538. The molecule has 0 heterocycles. The summed E-state index contributed by atoms with van der Waals surface area (Å²) in [4.78, 5) is 11.6. The zero-order valence-electron chi connectivity index (χ0n) is 12.1. The molecule has 0 radical (unpaired) electrons. The van der Waals surface area contributed by atoms with Crippen molar-refractivity contribution in [3.8, 4) is 0 Å². The van der Waals surface area contributed by atoms with Crippen molar-refractivity contribution >= 4 is 5.91 Å². The lowest BCUT2D eigenvalue weighted by molar-refractivity contribution is -0.121. The van der Waals surface area contributed by atoms with E-state index in [0.29, 0.717) is 18.5 Å². The van der Waals surface area contributed by atoms with Crippen molar-refractivity contribution in [3.05, 3.63) is 35.1 Å². The molecule has 0 bridgehead atoms. The lowest BCUT2D eigenvalue weighted by Crippen LogP contribution is -2.38. The van der Waals surface area contributed by atoms with E-state index in [4.69, 9.17) is 5.73 Å². The quantitative estimate of drug-likeness (QED) is 0.859. The molecular formula is C15H23FN2O. The van der Waals surface area contributed by atoms with Gasteiger partial charge in [-0.15, -0.1) is 0 Å². The summed E-state index contributed by atoms with van der Waals surface area (Å²) in [6.07, 6.45) is 0.318. The number of benzene rings is 1. The Bertz CT molecular complexity index is 455. The summed E-state index contributed by atoms with van der Waals surface area (Å²) in [6, 6.07) is 4.92. The zero-order valence-corrected chi connectivity index (χ0v) is 12.1. The van der Waals surface area contributed by atoms with Gasteiger partial charge < -0.3 is 11.1 Å². The molecule has 1 amide bonds. The highest BCUT2D eigenvalue weighted by atomic mass is 19.1. The average Bonchev–Trinajstić information content (AvgIpc) is 2.29. The van der Waals surface area contributed by atoms with Gasteiger partial charge in [-0.1, -0.05) is 26.0 Å². The first kappa shape index (κ1) is 15.6. The molecule has 1 unspecified atom stereocenters. The van der Waals surface area contributed by atoms with E-state index in [9.17, 15) is 9.18 Å². The fraction of sp³-hybridized carbons (Fsp3) is 0.533. The van der Waals surface area contributed by atoms with Crippen LogP contribution < -0.4 is 11.1 Å². The third-order valence-corrected chi connectivity index (χ3v) is 3.17. The number of amides is 1. The second kappa shape index (κ2) is 6.15. The molecule has 0 saturated heterocycles. The van der Waals surface area contributed by atoms with Gasteiger partial charge in [0, 0.05) is 24.4 Å². The van der Waals surface area contributed by atoms with Crippen LogP contribution in [0.2, 0.25) is 0 Å². The third-order valence-electron chi connectivity index (χ3n) is 3.17. The largest absolute Gasteiger partial charge is 0.355 e. The van der Waals surface area contributed by atoms with E-state index in [1.807, 2.05) is 19.9 Å². The molecule has 106 valence electrons. The number of hydrogen-bond acceptors (Lipinski definition) is 2. The molecule has 1 aromatic rings. The molecule has 3 N–H and O–H groups in total. The highest BCUT2D eigenvalue weighted by molar-refractivity contribution is 5.76. The number of halogens is 1. The molecule has 0 aromatic heterocycles. The molecule has 1 rings (SSSR count). The smallest absolute Gasteiger partial charge is 0.221 e. The van der Waals surface area contributed by atoms with Crippen molar-refractivity contribution in [1.82, 2.24) is 5.32 Å². The molecule has 1 atom stereocenters. The van der Waals surface area contributed by atoms with Crippen molar-refractivity contribution < 1.29 is 9.18 Å². The van der Waals surface area contributed by atoms with Gasteiger partial charge in [0.15, 0.2) is 0 Å². The van der Waals surface area contributed by atoms with Gasteiger partial charge in [0.05, 0.1) is 0 Å². The molecule has 0 aliphatic heterocycles. The third kappa shape index (κ3) is 4.63. The molecule has 19 heavy (non-hydrogen) atoms. The highest BCUT2D eigenvalue weighted by Gasteiger charge is 2.22. The van der Waals surface area contributed by atoms with E-state index >= 15 is 0 Å². The summed E-state index contributed by atoms with van der Waals surface area (Å²) in [5.41, 5.74) is 6.96. The number of carbonyl (C=O) groups excluding carboxylic acids is 1. The first-order chi connectivity index (χ1) is 8.72. The summed E-state index contributed by atoms with van der Waals surface area (Å²) in [7, 11) is 0. The van der Waals surface area contributed by atoms with Crippen molar-refractivity contribution in [2.24, 2.45) is 5.73 Å². The fourth-order valence-corrected chi connectivity index (χ4v) is 1.85. The van der Waals surface area contributed by atoms with Crippen molar-refractivity contribution in [3.63, 3.8) is 0 Å². The Hall–Kier alpha value is -1.42. The van der Waals surface area contributed by atoms with E-state index in [-0.39, 0.29) is 23.2 Å². The standard InChI is InChI=1S/C15H23FN2O/c1-10-7-12(5-6-13(10)16)15(3,4)9-18-14(19)8-11(2)17/h5-7,11H,8-9,17H2,1-4H3,(H,18,19). The van der Waals surface area contributed by atoms with Crippen molar-refractivity contribution in [1.29, 1.82) is 0 Å². The van der Waals surface area contributed by atoms with Crippen LogP contribution in [0.4, 0.5) is 4.39 Å². The number of carbonyl (C=O) groups is 1. The van der Waals surface area contributed by atoms with Crippen LogP contribution in [0, 0.1) is 12.7 Å². The van der Waals surface area contributed by atoms with E-state index < -0.39 is 0 Å². The number of hydrogen-bond donors (Lipinski definition) is 2. The molecule has 1 aromatic carbocycles. The lowest BCUT2D eigenvalue weighted by Gasteiger charge is -2.26. The van der Waals surface area contributed by atoms with Crippen molar-refractivity contribution in [2.45, 2.75) is 45.6 Å². The number of aryl methyl sites for hydroxylation is 1. The van der Waals surface area contributed by atoms with Gasteiger partial charge >= 0.3 is 0 Å². The van der Waals surface area contributed by atoms with Crippen molar-refractivity contribution in [2.75, 3.05) is 6.54 Å². The van der Waals surface area contributed by atoms with Crippen LogP contribution in [0.1, 0.15) is 38.3 Å². The first-order valence-electron chi connectivity index (χ1n) is 6.51. The van der Waals surface area contributed by atoms with Crippen LogP contribution >= 0.6 is 0 Å². The molecule has 3 nitrogen and oxygen atoms in total. The topological polar surface area (TPSA) is 55.1 Å². The molecule has 0 aliphatic rings. The van der Waals surface area contributed by atoms with Gasteiger partial charge in [-0.05, 0) is 31.0 Å². The number of rotatable bonds is 5. The second-order valence-corrected chi connectivity index (χ2v) is 5.81. The summed E-state index contributed by atoms with van der Waals surface area (Å²) in [5, 5.41) is 2.87. The monoisotopic (exact) mass is 266 g/mol. The summed E-state index contributed by atoms with van der Waals surface area (Å²) in [5.74, 6) is -0.262. The van der Waals surface area contributed by atoms with Gasteiger partial charge in [-0.3, -0.25) is 4.79 Å². The van der Waals surface area contributed by atoms with Crippen LogP contribution in [0.25, 0.3) is 0 Å². The van der Waals surface area contributed by atoms with E-state index in [1.54, 1.807) is 19.9 Å². The fourth-order valence-electron chi connectivity index (χ4n) is 1.85. The van der Waals surface area contributed by atoms with Gasteiger partial charge in [-0.2, -0.15) is 0 Å². The number of nitrogens with two attached hydrogens (primary N) is 1. The highest BCUT2D eigenvalue weighted by Crippen LogP contribution is 2.24. The van der Waals surface area contributed by atoms with Gasteiger partial charge in [0.1, 0.15) is 5.82 Å². The maximum Gasteiger partial charge on any atom is 0.221 e. The van der Waals surface area contributed by atoms with Gasteiger partial charge in [-0.25, -0.2) is 4.39 Å². The Morgan fingerprint density at radius 3 is 2.63 bits per heavy atom. The number of nitrogens with one attached hydrogen (secondary N) is 1. The van der Waals surface area contributed by atoms with Gasteiger partial charge in [0.25, 0.3) is 0 Å². The Morgan fingerprint density at radius 2 is 2.11 bits per heavy atom. The molecule has 4 heteroatoms. The molecule has 0 spiro atoms. The first-order valence-corrected chi connectivity index (χ1v) is 6.51. The minimum atomic E-state index is -0.244. The summed E-state index contributed by atoms with van der Waals surface area (Å²) >= 11 is 0. The maximum absolute atomic E-state index is 13.3. The van der Waals surface area contributed by atoms with E-state index in [1.165, 1.54) is 6.07 Å². The zero-order chi connectivity index (χ0) is 14.6. The second-order valence-electron chi connectivity index (χ2n) is 5.81. The van der Waals surface area contributed by atoms with Crippen LogP contribution in [-0.4, -0.2) is 18.5 Å². The van der Waals surface area contributed by atoms with Gasteiger partial charge in [0.2, 0.25) is 5.91 Å². The lowest BCUT2D eigenvalue weighted by atomic mass is 9.84. The SMILES string of the molecule is Cc1cc(C(C)(C)CNC(=O)CC(C)N)ccc1F. The average molecular weight is 266 g/mol. The molecule has 0 aliphatic carbocycles. The summed E-state index contributed by atoms with van der Waals surface area (Å²) in [6.45, 7) is 8.08. The molecule has 0 saturated carbocycles. The summed E-state index contributed by atoms with van der Waals surface area (Å²) < 4.78 is 13.3. The van der Waals surface area contributed by atoms with Crippen LogP contribution in [-0.2, 0) is 10.2 Å². The predicted octanol–water partition coefficient (Wildman–Crippen LogP) is 2.27. The Kier molecular flexibility index (Phi) is 5.06. The Labute approximate surface area is 114 Å². The van der Waals surface area contributed by atoms with Crippen LogP contribution in [0.15, 0.2) is 18.2 Å². The normalized spacial score (nSPS) is 13.2.